The molecular weight excluding hydrogens is 384 g/mol. The van der Waals surface area contributed by atoms with Gasteiger partial charge in [0.25, 0.3) is 0 Å². The lowest BCUT2D eigenvalue weighted by Gasteiger charge is -2.32. The molecule has 2 amide bonds. The van der Waals surface area contributed by atoms with E-state index in [1.54, 1.807) is 6.92 Å². The van der Waals surface area contributed by atoms with Crippen LogP contribution in [0.4, 0.5) is 4.79 Å². The standard InChI is InChI=1S/C23H24N2O5/c1-14(26)24-15-12-23(2,21(27)29-3)25(13-15)22(28)30-20-18-10-6-4-8-16(18)17-9-5-7-11-19(17)20/h4-11,15,20H,12-13H2,1-3H3,(H,24,26)/t15-,23+/m1/s1. The zero-order valence-corrected chi connectivity index (χ0v) is 17.2. The zero-order chi connectivity index (χ0) is 21.5. The summed E-state index contributed by atoms with van der Waals surface area (Å²) in [5.74, 6) is -0.763. The second-order valence-corrected chi connectivity index (χ2v) is 7.92. The summed E-state index contributed by atoms with van der Waals surface area (Å²) in [7, 11) is 1.28. The number of likely N-dealkylation sites (tertiary alicyclic amines) is 1. The van der Waals surface area contributed by atoms with E-state index < -0.39 is 23.7 Å². The summed E-state index contributed by atoms with van der Waals surface area (Å²) in [5, 5.41) is 2.79. The van der Waals surface area contributed by atoms with Gasteiger partial charge in [-0.05, 0) is 18.1 Å². The number of rotatable bonds is 3. The molecule has 1 heterocycles. The summed E-state index contributed by atoms with van der Waals surface area (Å²) in [6, 6.07) is 15.3. The lowest BCUT2D eigenvalue weighted by Crippen LogP contribution is -2.51. The highest BCUT2D eigenvalue weighted by Crippen LogP contribution is 2.45. The van der Waals surface area contributed by atoms with E-state index in [1.807, 2.05) is 48.5 Å². The minimum atomic E-state index is -1.23. The quantitative estimate of drug-likeness (QED) is 0.789. The van der Waals surface area contributed by atoms with E-state index in [0.717, 1.165) is 22.3 Å². The lowest BCUT2D eigenvalue weighted by molar-refractivity contribution is -0.151. The van der Waals surface area contributed by atoms with E-state index in [-0.39, 0.29) is 24.9 Å². The average molecular weight is 408 g/mol. The Balaban J connectivity index is 1.64. The van der Waals surface area contributed by atoms with Crippen LogP contribution in [0.3, 0.4) is 0 Å². The number of nitrogens with zero attached hydrogens (tertiary/aromatic N) is 1. The first-order valence-corrected chi connectivity index (χ1v) is 9.87. The van der Waals surface area contributed by atoms with Crippen LogP contribution in [0.1, 0.15) is 37.5 Å². The van der Waals surface area contributed by atoms with Crippen molar-refractivity contribution >= 4 is 18.0 Å². The Morgan fingerprint density at radius 3 is 2.13 bits per heavy atom. The minimum absolute atomic E-state index is 0.167. The summed E-state index contributed by atoms with van der Waals surface area (Å²) in [5.41, 5.74) is 2.64. The van der Waals surface area contributed by atoms with Crippen molar-refractivity contribution in [1.82, 2.24) is 10.2 Å². The monoisotopic (exact) mass is 408 g/mol. The number of carbonyl (C=O) groups excluding carboxylic acids is 3. The summed E-state index contributed by atoms with van der Waals surface area (Å²) >= 11 is 0. The van der Waals surface area contributed by atoms with Crippen LogP contribution in [0, 0.1) is 0 Å². The SMILES string of the molecule is COC(=O)[C@]1(C)C[C@@H](NC(C)=O)CN1C(=O)OC1c2ccccc2-c2ccccc21. The molecule has 30 heavy (non-hydrogen) atoms. The van der Waals surface area contributed by atoms with E-state index in [4.69, 9.17) is 9.47 Å². The van der Waals surface area contributed by atoms with E-state index in [0.29, 0.717) is 0 Å². The van der Waals surface area contributed by atoms with Gasteiger partial charge in [-0.15, -0.1) is 0 Å². The number of nitrogens with one attached hydrogen (secondary N) is 1. The Bertz CT molecular complexity index is 975. The number of ether oxygens (including phenoxy) is 2. The number of hydrogen-bond donors (Lipinski definition) is 1. The second kappa shape index (κ2) is 7.48. The molecule has 0 unspecified atom stereocenters. The second-order valence-electron chi connectivity index (χ2n) is 7.92. The van der Waals surface area contributed by atoms with Crippen LogP contribution in [0.5, 0.6) is 0 Å². The molecule has 0 aromatic heterocycles. The predicted molar refractivity (Wildman–Crippen MR) is 110 cm³/mol. The molecule has 4 rings (SSSR count). The first kappa shape index (κ1) is 19.9. The van der Waals surface area contributed by atoms with Gasteiger partial charge in [-0.2, -0.15) is 0 Å². The molecule has 1 fully saturated rings. The van der Waals surface area contributed by atoms with Crippen molar-refractivity contribution in [2.75, 3.05) is 13.7 Å². The highest BCUT2D eigenvalue weighted by molar-refractivity contribution is 5.87. The number of fused-ring (bicyclic) bond motifs is 3. The van der Waals surface area contributed by atoms with Crippen molar-refractivity contribution in [3.05, 3.63) is 59.7 Å². The Hall–Kier alpha value is -3.35. The lowest BCUT2D eigenvalue weighted by atomic mass is 9.97. The van der Waals surface area contributed by atoms with Crippen molar-refractivity contribution in [3.8, 4) is 11.1 Å². The van der Waals surface area contributed by atoms with Crippen LogP contribution in [-0.4, -0.2) is 48.1 Å². The van der Waals surface area contributed by atoms with Crippen LogP contribution in [-0.2, 0) is 19.1 Å². The number of esters is 1. The maximum atomic E-state index is 13.3. The first-order chi connectivity index (χ1) is 14.3. The summed E-state index contributed by atoms with van der Waals surface area (Å²) < 4.78 is 10.9. The molecule has 2 aliphatic rings. The fourth-order valence-electron chi connectivity index (χ4n) is 4.55. The summed E-state index contributed by atoms with van der Waals surface area (Å²) in [6.07, 6.45) is -0.925. The molecule has 0 saturated carbocycles. The molecule has 1 saturated heterocycles. The van der Waals surface area contributed by atoms with Gasteiger partial charge in [0, 0.05) is 37.1 Å². The van der Waals surface area contributed by atoms with Gasteiger partial charge < -0.3 is 14.8 Å². The van der Waals surface area contributed by atoms with Gasteiger partial charge in [0.1, 0.15) is 5.54 Å². The van der Waals surface area contributed by atoms with Gasteiger partial charge in [0.05, 0.1) is 7.11 Å². The third kappa shape index (κ3) is 3.20. The maximum Gasteiger partial charge on any atom is 0.411 e. The third-order valence-electron chi connectivity index (χ3n) is 5.89. The first-order valence-electron chi connectivity index (χ1n) is 9.87. The van der Waals surface area contributed by atoms with E-state index in [2.05, 4.69) is 5.32 Å². The van der Waals surface area contributed by atoms with Gasteiger partial charge in [0.2, 0.25) is 5.91 Å². The summed E-state index contributed by atoms with van der Waals surface area (Å²) in [6.45, 7) is 3.21. The Labute approximate surface area is 175 Å². The minimum Gasteiger partial charge on any atom is -0.467 e. The van der Waals surface area contributed by atoms with E-state index in [1.165, 1.54) is 18.9 Å². The van der Waals surface area contributed by atoms with E-state index >= 15 is 0 Å². The fourth-order valence-corrected chi connectivity index (χ4v) is 4.55. The van der Waals surface area contributed by atoms with Crippen LogP contribution in [0.25, 0.3) is 11.1 Å². The Morgan fingerprint density at radius 1 is 1.03 bits per heavy atom. The average Bonchev–Trinajstić information content (AvgIpc) is 3.23. The van der Waals surface area contributed by atoms with Crippen molar-refractivity contribution in [2.24, 2.45) is 0 Å². The van der Waals surface area contributed by atoms with Crippen molar-refractivity contribution in [1.29, 1.82) is 0 Å². The van der Waals surface area contributed by atoms with Crippen LogP contribution in [0.15, 0.2) is 48.5 Å². The molecule has 0 bridgehead atoms. The topological polar surface area (TPSA) is 84.9 Å². The van der Waals surface area contributed by atoms with Gasteiger partial charge in [-0.25, -0.2) is 9.59 Å². The Kier molecular flexibility index (Phi) is 4.97. The fraction of sp³-hybridized carbons (Fsp3) is 0.348. The number of methoxy groups -OCH3 is 1. The largest absolute Gasteiger partial charge is 0.467 e. The van der Waals surface area contributed by atoms with Crippen molar-refractivity contribution in [3.63, 3.8) is 0 Å². The predicted octanol–water partition coefficient (Wildman–Crippen LogP) is 3.04. The molecule has 2 atom stereocenters. The van der Waals surface area contributed by atoms with E-state index in [9.17, 15) is 14.4 Å². The maximum absolute atomic E-state index is 13.3. The normalized spacial score (nSPS) is 22.2. The zero-order valence-electron chi connectivity index (χ0n) is 17.2. The molecule has 2 aromatic carbocycles. The highest BCUT2D eigenvalue weighted by atomic mass is 16.6. The Morgan fingerprint density at radius 2 is 1.60 bits per heavy atom. The van der Waals surface area contributed by atoms with Crippen LogP contribution in [0.2, 0.25) is 0 Å². The third-order valence-corrected chi connectivity index (χ3v) is 5.89. The molecule has 1 aliphatic carbocycles. The van der Waals surface area contributed by atoms with Gasteiger partial charge in [-0.3, -0.25) is 9.69 Å². The molecule has 7 nitrogen and oxygen atoms in total. The molecule has 1 N–H and O–H groups in total. The van der Waals surface area contributed by atoms with Gasteiger partial charge >= 0.3 is 12.1 Å². The molecule has 0 radical (unpaired) electrons. The molecule has 156 valence electrons. The smallest absolute Gasteiger partial charge is 0.411 e. The molecule has 2 aromatic rings. The molecular formula is C23H24N2O5. The number of amides is 2. The van der Waals surface area contributed by atoms with Gasteiger partial charge in [0.15, 0.2) is 6.10 Å². The molecule has 0 spiro atoms. The number of hydrogen-bond acceptors (Lipinski definition) is 5. The van der Waals surface area contributed by atoms with Crippen LogP contribution >= 0.6 is 0 Å². The van der Waals surface area contributed by atoms with Crippen molar-refractivity contribution < 1.29 is 23.9 Å². The van der Waals surface area contributed by atoms with Crippen molar-refractivity contribution in [2.45, 2.75) is 38.0 Å². The molecule has 7 heteroatoms. The molecule has 1 aliphatic heterocycles. The number of carbonyl (C=O) groups is 3. The highest BCUT2D eigenvalue weighted by Gasteiger charge is 2.52. The summed E-state index contributed by atoms with van der Waals surface area (Å²) in [4.78, 5) is 38.7. The van der Waals surface area contributed by atoms with Crippen LogP contribution < -0.4 is 5.32 Å². The van der Waals surface area contributed by atoms with Gasteiger partial charge in [-0.1, -0.05) is 48.5 Å². The number of benzene rings is 2.